The summed E-state index contributed by atoms with van der Waals surface area (Å²) in [5, 5.41) is 2.57. The minimum absolute atomic E-state index is 0.229. The average molecular weight is 921 g/mol. The van der Waals surface area contributed by atoms with E-state index in [-0.39, 0.29) is 5.41 Å². The van der Waals surface area contributed by atoms with Crippen molar-refractivity contribution in [3.63, 3.8) is 0 Å². The lowest BCUT2D eigenvalue weighted by Crippen LogP contribution is -2.30. The van der Waals surface area contributed by atoms with E-state index in [9.17, 15) is 0 Å². The maximum Gasteiger partial charge on any atom is 0.0504 e. The van der Waals surface area contributed by atoms with Crippen LogP contribution in [-0.4, -0.2) is 7.05 Å². The predicted octanol–water partition coefficient (Wildman–Crippen LogP) is 18.8. The first-order chi connectivity index (χ1) is 34.3. The minimum Gasteiger partial charge on any atom is -0.344 e. The molecule has 5 heteroatoms. The highest BCUT2D eigenvalue weighted by atomic mass is 32.1. The zero-order chi connectivity index (χ0) is 47.3. The molecule has 12 rings (SSSR count). The molecule has 0 unspecified atom stereocenters. The van der Waals surface area contributed by atoms with Crippen molar-refractivity contribution >= 4 is 94.1 Å². The number of anilines is 11. The molecule has 0 amide bonds. The van der Waals surface area contributed by atoms with Gasteiger partial charge in [0.05, 0.1) is 11.4 Å². The minimum atomic E-state index is -0.229. The first-order valence-corrected chi connectivity index (χ1v) is 24.9. The molecule has 2 heterocycles. The van der Waals surface area contributed by atoms with E-state index in [0.717, 1.165) is 56.6 Å². The van der Waals surface area contributed by atoms with Crippen LogP contribution in [0.3, 0.4) is 0 Å². The SMILES string of the molecule is Cc1cc(N(c2ccc(-c3ccc(N(c4ccccc4)c4ccc5c(c4)C(C)(C)c4ccccc4N5c4ccccc4)cc3)cc2)c2ccc3sc4ccccc4c3c2)ccc1N(C)c1ccccc1. The second-order valence-electron chi connectivity index (χ2n) is 18.8. The number of para-hydroxylation sites is 4. The van der Waals surface area contributed by atoms with Gasteiger partial charge in [0.25, 0.3) is 0 Å². The standard InChI is InChI=1S/C65H52N4S/c1-45-42-53(36-39-60(45)66(4)48-18-8-5-9-19-48)68(54-38-41-64-57(43-54)56-24-14-17-27-63(56)70-64)52-34-30-47(31-35-52)46-28-32-51(33-29-46)67(49-20-10-6-11-21-49)55-37-40-62-59(44-55)65(2,3)58-25-15-16-26-61(58)69(62)50-22-12-7-13-23-50/h5-44H,1-4H3. The largest absolute Gasteiger partial charge is 0.344 e. The molecule has 0 saturated carbocycles. The molecular formula is C65H52N4S. The van der Waals surface area contributed by atoms with Gasteiger partial charge in [-0.15, -0.1) is 11.3 Å². The lowest BCUT2D eigenvalue weighted by atomic mass is 9.73. The van der Waals surface area contributed by atoms with Crippen LogP contribution in [0.4, 0.5) is 62.6 Å². The first kappa shape index (κ1) is 42.9. The maximum absolute atomic E-state index is 2.42. The summed E-state index contributed by atoms with van der Waals surface area (Å²) in [7, 11) is 2.14. The Morgan fingerprint density at radius 1 is 0.386 bits per heavy atom. The number of aryl methyl sites for hydroxylation is 1. The smallest absolute Gasteiger partial charge is 0.0504 e. The van der Waals surface area contributed by atoms with E-state index < -0.39 is 0 Å². The van der Waals surface area contributed by atoms with Crippen molar-refractivity contribution in [1.29, 1.82) is 0 Å². The fourth-order valence-electron chi connectivity index (χ4n) is 10.6. The Kier molecular flexibility index (Phi) is 10.8. The van der Waals surface area contributed by atoms with Crippen LogP contribution in [-0.2, 0) is 5.41 Å². The molecule has 11 aromatic rings. The van der Waals surface area contributed by atoms with E-state index in [2.05, 4.69) is 290 Å². The molecule has 0 bridgehead atoms. The molecular weight excluding hydrogens is 869 g/mol. The number of thiophene rings is 1. The number of hydrogen-bond donors (Lipinski definition) is 0. The fraction of sp³-hybridized carbons (Fsp3) is 0.0769. The van der Waals surface area contributed by atoms with Gasteiger partial charge in [-0.3, -0.25) is 0 Å². The van der Waals surface area contributed by atoms with Crippen molar-refractivity contribution in [3.8, 4) is 11.1 Å². The molecule has 4 nitrogen and oxygen atoms in total. The summed E-state index contributed by atoms with van der Waals surface area (Å²) in [5.74, 6) is 0. The van der Waals surface area contributed by atoms with Gasteiger partial charge in [0.2, 0.25) is 0 Å². The molecule has 0 aliphatic carbocycles. The van der Waals surface area contributed by atoms with Crippen molar-refractivity contribution in [3.05, 3.63) is 259 Å². The predicted molar refractivity (Wildman–Crippen MR) is 300 cm³/mol. The third-order valence-electron chi connectivity index (χ3n) is 14.1. The second-order valence-corrected chi connectivity index (χ2v) is 19.8. The van der Waals surface area contributed by atoms with Gasteiger partial charge in [-0.05, 0) is 162 Å². The van der Waals surface area contributed by atoms with Gasteiger partial charge in [-0.25, -0.2) is 0 Å². The lowest BCUT2D eigenvalue weighted by molar-refractivity contribution is 0.632. The van der Waals surface area contributed by atoms with Crippen molar-refractivity contribution in [2.45, 2.75) is 26.2 Å². The molecule has 10 aromatic carbocycles. The summed E-state index contributed by atoms with van der Waals surface area (Å²) in [4.78, 5) is 9.46. The van der Waals surface area contributed by atoms with Gasteiger partial charge in [-0.1, -0.05) is 129 Å². The van der Waals surface area contributed by atoms with Gasteiger partial charge in [-0.2, -0.15) is 0 Å². The van der Waals surface area contributed by atoms with Crippen molar-refractivity contribution in [1.82, 2.24) is 0 Å². The van der Waals surface area contributed by atoms with Crippen LogP contribution in [0.2, 0.25) is 0 Å². The molecule has 338 valence electrons. The van der Waals surface area contributed by atoms with E-state index >= 15 is 0 Å². The summed E-state index contributed by atoms with van der Waals surface area (Å²) >= 11 is 1.85. The van der Waals surface area contributed by atoms with Crippen LogP contribution in [0.25, 0.3) is 31.3 Å². The average Bonchev–Trinajstić information content (AvgIpc) is 3.78. The Bertz CT molecular complexity index is 3660. The van der Waals surface area contributed by atoms with Crippen LogP contribution >= 0.6 is 11.3 Å². The zero-order valence-corrected chi connectivity index (χ0v) is 40.6. The van der Waals surface area contributed by atoms with E-state index in [1.807, 2.05) is 11.3 Å². The third-order valence-corrected chi connectivity index (χ3v) is 15.3. The van der Waals surface area contributed by atoms with Crippen LogP contribution in [0, 0.1) is 6.92 Å². The molecule has 1 aromatic heterocycles. The fourth-order valence-corrected chi connectivity index (χ4v) is 11.6. The molecule has 1 aliphatic heterocycles. The van der Waals surface area contributed by atoms with Crippen LogP contribution in [0.1, 0.15) is 30.5 Å². The molecule has 0 fully saturated rings. The van der Waals surface area contributed by atoms with Crippen LogP contribution < -0.4 is 19.6 Å². The molecule has 0 radical (unpaired) electrons. The van der Waals surface area contributed by atoms with Gasteiger partial charge in [0.1, 0.15) is 0 Å². The normalized spacial score (nSPS) is 12.7. The summed E-state index contributed by atoms with van der Waals surface area (Å²) in [6, 6.07) is 88.4. The number of hydrogen-bond acceptors (Lipinski definition) is 5. The van der Waals surface area contributed by atoms with Crippen LogP contribution in [0.15, 0.2) is 243 Å². The second kappa shape index (κ2) is 17.6. The molecule has 0 saturated heterocycles. The van der Waals surface area contributed by atoms with Crippen molar-refractivity contribution in [2.24, 2.45) is 0 Å². The van der Waals surface area contributed by atoms with E-state index in [1.54, 1.807) is 0 Å². The summed E-state index contributed by atoms with van der Waals surface area (Å²) in [5.41, 5.74) is 18.5. The third kappa shape index (κ3) is 7.56. The van der Waals surface area contributed by atoms with E-state index in [1.165, 1.54) is 53.9 Å². The first-order valence-electron chi connectivity index (χ1n) is 24.1. The Hall–Kier alpha value is -8.38. The Balaban J connectivity index is 0.899. The summed E-state index contributed by atoms with van der Waals surface area (Å²) < 4.78 is 2.60. The van der Waals surface area contributed by atoms with Gasteiger partial charge < -0.3 is 19.6 Å². The highest BCUT2D eigenvalue weighted by molar-refractivity contribution is 7.25. The van der Waals surface area contributed by atoms with E-state index in [4.69, 9.17) is 0 Å². The van der Waals surface area contributed by atoms with E-state index in [0.29, 0.717) is 0 Å². The maximum atomic E-state index is 2.42. The van der Waals surface area contributed by atoms with Crippen molar-refractivity contribution in [2.75, 3.05) is 26.6 Å². The quantitative estimate of drug-likeness (QED) is 0.135. The Morgan fingerprint density at radius 3 is 1.56 bits per heavy atom. The molecule has 0 N–H and O–H groups in total. The Morgan fingerprint density at radius 2 is 0.871 bits per heavy atom. The monoisotopic (exact) mass is 920 g/mol. The number of fused-ring (bicyclic) bond motifs is 5. The number of benzene rings is 10. The van der Waals surface area contributed by atoms with Gasteiger partial charge >= 0.3 is 0 Å². The highest BCUT2D eigenvalue weighted by Crippen LogP contribution is 2.53. The van der Waals surface area contributed by atoms with Crippen molar-refractivity contribution < 1.29 is 0 Å². The van der Waals surface area contributed by atoms with Crippen LogP contribution in [0.5, 0.6) is 0 Å². The summed E-state index contributed by atoms with van der Waals surface area (Å²) in [6.45, 7) is 6.92. The number of rotatable bonds is 10. The summed E-state index contributed by atoms with van der Waals surface area (Å²) in [6.07, 6.45) is 0. The molecule has 0 atom stereocenters. The molecule has 1 aliphatic rings. The molecule has 70 heavy (non-hydrogen) atoms. The van der Waals surface area contributed by atoms with Gasteiger partial charge in [0, 0.05) is 83.8 Å². The lowest BCUT2D eigenvalue weighted by Gasteiger charge is -2.42. The zero-order valence-electron chi connectivity index (χ0n) is 39.8. The van der Waals surface area contributed by atoms with Gasteiger partial charge in [0.15, 0.2) is 0 Å². The topological polar surface area (TPSA) is 13.0 Å². The molecule has 0 spiro atoms. The Labute approximate surface area is 415 Å². The highest BCUT2D eigenvalue weighted by Gasteiger charge is 2.37. The number of nitrogens with zero attached hydrogens (tertiary/aromatic N) is 4.